The van der Waals surface area contributed by atoms with E-state index in [4.69, 9.17) is 4.74 Å². The number of Topliss-reactive ketones (excluding diaryl/α,β-unsaturated/α-hetero) is 1. The number of nitro groups is 1. The minimum Gasteiger partial charge on any atom is -0.465 e. The number of hydrogen-bond acceptors (Lipinski definition) is 5. The molecular weight excluding hydrogens is 397 g/mol. The van der Waals surface area contributed by atoms with Gasteiger partial charge in [-0.15, -0.1) is 0 Å². The molecular formula is C17H13BrFNO5. The van der Waals surface area contributed by atoms with Crippen molar-refractivity contribution in [1.29, 1.82) is 0 Å². The molecule has 2 rings (SSSR count). The number of carbonyl (C=O) groups excluding carboxylic acids is 2. The summed E-state index contributed by atoms with van der Waals surface area (Å²) in [4.78, 5) is 35.8. The Morgan fingerprint density at radius 1 is 1.24 bits per heavy atom. The van der Waals surface area contributed by atoms with Crippen LogP contribution in [0.25, 0.3) is 0 Å². The summed E-state index contributed by atoms with van der Waals surface area (Å²) in [5.41, 5.74) is -0.419. The summed E-state index contributed by atoms with van der Waals surface area (Å²) in [5.74, 6) is -3.68. The predicted octanol–water partition coefficient (Wildman–Crippen LogP) is 4.03. The van der Waals surface area contributed by atoms with Gasteiger partial charge in [-0.1, -0.05) is 15.9 Å². The van der Waals surface area contributed by atoms with Crippen molar-refractivity contribution in [3.63, 3.8) is 0 Å². The lowest BCUT2D eigenvalue weighted by Gasteiger charge is -2.15. The molecule has 0 aliphatic rings. The fourth-order valence-corrected chi connectivity index (χ4v) is 2.68. The van der Waals surface area contributed by atoms with Crippen LogP contribution < -0.4 is 0 Å². The molecule has 0 spiro atoms. The summed E-state index contributed by atoms with van der Waals surface area (Å²) in [7, 11) is 0. The van der Waals surface area contributed by atoms with E-state index in [9.17, 15) is 24.1 Å². The second-order valence-corrected chi connectivity index (χ2v) is 5.93. The lowest BCUT2D eigenvalue weighted by atomic mass is 9.89. The van der Waals surface area contributed by atoms with Crippen LogP contribution in [-0.4, -0.2) is 23.3 Å². The Morgan fingerprint density at radius 2 is 1.88 bits per heavy atom. The van der Waals surface area contributed by atoms with Gasteiger partial charge in [0.2, 0.25) is 0 Å². The molecule has 130 valence electrons. The van der Waals surface area contributed by atoms with Crippen LogP contribution in [0.5, 0.6) is 0 Å². The second-order valence-electron chi connectivity index (χ2n) is 5.02. The third-order valence-electron chi connectivity index (χ3n) is 3.41. The number of hydrogen-bond donors (Lipinski definition) is 0. The smallest absolute Gasteiger partial charge is 0.321 e. The topological polar surface area (TPSA) is 86.5 Å². The molecule has 0 N–H and O–H groups in total. The monoisotopic (exact) mass is 409 g/mol. The maximum atomic E-state index is 13.1. The molecule has 0 radical (unpaired) electrons. The molecule has 0 fully saturated rings. The highest BCUT2D eigenvalue weighted by molar-refractivity contribution is 9.10. The van der Waals surface area contributed by atoms with Crippen LogP contribution >= 0.6 is 15.9 Å². The molecule has 0 saturated heterocycles. The van der Waals surface area contributed by atoms with Gasteiger partial charge in [0, 0.05) is 16.1 Å². The molecule has 8 heteroatoms. The van der Waals surface area contributed by atoms with Gasteiger partial charge in [-0.05, 0) is 43.3 Å². The number of halogens is 2. The van der Waals surface area contributed by atoms with Gasteiger partial charge in [0.25, 0.3) is 5.69 Å². The van der Waals surface area contributed by atoms with Gasteiger partial charge in [-0.3, -0.25) is 19.7 Å². The zero-order chi connectivity index (χ0) is 18.6. The molecule has 1 atom stereocenters. The maximum Gasteiger partial charge on any atom is 0.321 e. The number of ether oxygens (including phenoxy) is 1. The third-order valence-corrected chi connectivity index (χ3v) is 3.90. The van der Waals surface area contributed by atoms with E-state index in [2.05, 4.69) is 15.9 Å². The van der Waals surface area contributed by atoms with E-state index in [1.807, 2.05) is 0 Å². The fourth-order valence-electron chi connectivity index (χ4n) is 2.30. The molecule has 0 amide bonds. The van der Waals surface area contributed by atoms with E-state index in [0.29, 0.717) is 4.47 Å². The van der Waals surface area contributed by atoms with E-state index in [1.165, 1.54) is 30.3 Å². The van der Waals surface area contributed by atoms with Gasteiger partial charge in [0.1, 0.15) is 5.82 Å². The molecule has 0 bridgehead atoms. The third kappa shape index (κ3) is 4.27. The lowest BCUT2D eigenvalue weighted by Crippen LogP contribution is -2.25. The minimum absolute atomic E-state index is 0.00777. The fraction of sp³-hybridized carbons (Fsp3) is 0.176. The van der Waals surface area contributed by atoms with Crippen LogP contribution in [0.3, 0.4) is 0 Å². The van der Waals surface area contributed by atoms with Gasteiger partial charge in [-0.2, -0.15) is 0 Å². The Hall–Kier alpha value is -2.61. The van der Waals surface area contributed by atoms with Crippen LogP contribution in [0, 0.1) is 15.9 Å². The van der Waals surface area contributed by atoms with Gasteiger partial charge in [-0.25, -0.2) is 4.39 Å². The molecule has 0 aromatic heterocycles. The van der Waals surface area contributed by atoms with Crippen molar-refractivity contribution in [3.05, 3.63) is 74.0 Å². The Labute approximate surface area is 150 Å². The van der Waals surface area contributed by atoms with Crippen molar-refractivity contribution >= 4 is 33.4 Å². The predicted molar refractivity (Wildman–Crippen MR) is 90.9 cm³/mol. The van der Waals surface area contributed by atoms with Crippen molar-refractivity contribution in [2.75, 3.05) is 6.61 Å². The molecule has 0 heterocycles. The Balaban J connectivity index is 2.59. The highest BCUT2D eigenvalue weighted by Crippen LogP contribution is 2.33. The van der Waals surface area contributed by atoms with Crippen LogP contribution in [0.15, 0.2) is 46.9 Å². The first-order chi connectivity index (χ1) is 11.8. The van der Waals surface area contributed by atoms with Crippen LogP contribution in [0.1, 0.15) is 28.8 Å². The average Bonchev–Trinajstić information content (AvgIpc) is 2.55. The lowest BCUT2D eigenvalue weighted by molar-refractivity contribution is -0.385. The molecule has 0 saturated carbocycles. The zero-order valence-corrected chi connectivity index (χ0v) is 14.7. The van der Waals surface area contributed by atoms with E-state index in [0.717, 1.165) is 12.1 Å². The number of carbonyl (C=O) groups is 2. The summed E-state index contributed by atoms with van der Waals surface area (Å²) >= 11 is 3.18. The first-order valence-electron chi connectivity index (χ1n) is 7.25. The number of rotatable bonds is 6. The number of nitrogens with zero attached hydrogens (tertiary/aromatic N) is 1. The van der Waals surface area contributed by atoms with E-state index < -0.39 is 28.4 Å². The molecule has 2 aromatic carbocycles. The number of benzene rings is 2. The van der Waals surface area contributed by atoms with Gasteiger partial charge in [0.05, 0.1) is 17.1 Å². The molecule has 1 unspecified atom stereocenters. The van der Waals surface area contributed by atoms with Crippen molar-refractivity contribution in [2.24, 2.45) is 0 Å². The van der Waals surface area contributed by atoms with Crippen molar-refractivity contribution in [3.8, 4) is 0 Å². The number of ketones is 1. The molecule has 0 aliphatic carbocycles. The van der Waals surface area contributed by atoms with Crippen molar-refractivity contribution in [2.45, 2.75) is 12.8 Å². The summed E-state index contributed by atoms with van der Waals surface area (Å²) in [6.45, 7) is 1.57. The minimum atomic E-state index is -1.52. The summed E-state index contributed by atoms with van der Waals surface area (Å²) in [6, 6.07) is 8.55. The normalized spacial score (nSPS) is 11.6. The van der Waals surface area contributed by atoms with Crippen molar-refractivity contribution in [1.82, 2.24) is 0 Å². The molecule has 0 aliphatic heterocycles. The van der Waals surface area contributed by atoms with Crippen LogP contribution in [0.2, 0.25) is 0 Å². The quantitative estimate of drug-likeness (QED) is 0.236. The zero-order valence-electron chi connectivity index (χ0n) is 13.1. The maximum absolute atomic E-state index is 13.1. The van der Waals surface area contributed by atoms with Gasteiger partial charge >= 0.3 is 5.97 Å². The summed E-state index contributed by atoms with van der Waals surface area (Å²) < 4.78 is 18.5. The molecule has 2 aromatic rings. The number of esters is 1. The Kier molecular flexibility index (Phi) is 5.97. The van der Waals surface area contributed by atoms with E-state index in [1.54, 1.807) is 6.92 Å². The largest absolute Gasteiger partial charge is 0.465 e. The standard InChI is InChI=1S/C17H13BrFNO5/c1-2-25-17(22)15(16(21)10-3-6-12(19)7-4-10)13-9-11(18)5-8-14(13)20(23)24/h3-9,15H,2H2,1H3. The van der Waals surface area contributed by atoms with Crippen molar-refractivity contribution < 1.29 is 23.6 Å². The Bertz CT molecular complexity index is 822. The van der Waals surface area contributed by atoms with E-state index in [-0.39, 0.29) is 23.4 Å². The second kappa shape index (κ2) is 7.98. The van der Waals surface area contributed by atoms with E-state index >= 15 is 0 Å². The number of nitro benzene ring substituents is 1. The summed E-state index contributed by atoms with van der Waals surface area (Å²) in [5, 5.41) is 11.3. The SMILES string of the molecule is CCOC(=O)C(C(=O)c1ccc(F)cc1)c1cc(Br)ccc1[N+](=O)[O-]. The summed E-state index contributed by atoms with van der Waals surface area (Å²) in [6.07, 6.45) is 0. The van der Waals surface area contributed by atoms with Crippen LogP contribution in [0.4, 0.5) is 10.1 Å². The Morgan fingerprint density at radius 3 is 2.44 bits per heavy atom. The average molecular weight is 410 g/mol. The first kappa shape index (κ1) is 18.7. The molecule has 25 heavy (non-hydrogen) atoms. The molecule has 6 nitrogen and oxygen atoms in total. The highest BCUT2D eigenvalue weighted by atomic mass is 79.9. The highest BCUT2D eigenvalue weighted by Gasteiger charge is 2.36. The first-order valence-corrected chi connectivity index (χ1v) is 8.04. The van der Waals surface area contributed by atoms with Crippen LogP contribution in [-0.2, 0) is 9.53 Å². The van der Waals surface area contributed by atoms with Gasteiger partial charge in [0.15, 0.2) is 11.7 Å². The van der Waals surface area contributed by atoms with Gasteiger partial charge < -0.3 is 4.74 Å².